The molecule has 2 nitrogen and oxygen atoms in total. The Morgan fingerprint density at radius 3 is 2.20 bits per heavy atom. The highest BCUT2D eigenvalue weighted by molar-refractivity contribution is 5.92. The Morgan fingerprint density at radius 2 is 1.60 bits per heavy atom. The summed E-state index contributed by atoms with van der Waals surface area (Å²) in [6.45, 7) is 0. The molecule has 4 fully saturated rings. The fourth-order valence-corrected chi connectivity index (χ4v) is 4.96. The monoisotopic (exact) mass is 268 g/mol. The number of hydrogen-bond donors (Lipinski definition) is 1. The van der Waals surface area contributed by atoms with Crippen molar-refractivity contribution < 1.29 is 9.90 Å². The highest BCUT2D eigenvalue weighted by Gasteiger charge is 2.44. The summed E-state index contributed by atoms with van der Waals surface area (Å²) in [6.07, 6.45) is 9.02. The minimum absolute atomic E-state index is 0.439. The molecule has 104 valence electrons. The first kappa shape index (κ1) is 12.2. The Bertz CT molecular complexity index is 555. The lowest BCUT2D eigenvalue weighted by Gasteiger charge is -2.51. The summed E-state index contributed by atoms with van der Waals surface area (Å²) in [6, 6.07) is 7.41. The first-order valence-electron chi connectivity index (χ1n) is 7.74. The van der Waals surface area contributed by atoms with Gasteiger partial charge in [0, 0.05) is 0 Å². The maximum atomic E-state index is 11.3. The molecule has 20 heavy (non-hydrogen) atoms. The summed E-state index contributed by atoms with van der Waals surface area (Å²) in [5, 5.41) is 9.32. The van der Waals surface area contributed by atoms with E-state index < -0.39 is 5.97 Å². The van der Waals surface area contributed by atoms with E-state index in [-0.39, 0.29) is 0 Å². The van der Waals surface area contributed by atoms with E-state index in [1.165, 1.54) is 32.1 Å². The number of rotatable bonds is 2. The van der Waals surface area contributed by atoms with E-state index in [2.05, 4.69) is 6.08 Å². The van der Waals surface area contributed by atoms with Crippen molar-refractivity contribution in [2.24, 2.45) is 23.7 Å². The molecule has 0 amide bonds. The van der Waals surface area contributed by atoms with E-state index in [0.717, 1.165) is 29.2 Å². The molecule has 1 aromatic rings. The zero-order valence-corrected chi connectivity index (χ0v) is 11.6. The summed E-state index contributed by atoms with van der Waals surface area (Å²) in [7, 11) is 0. The second-order valence-electron chi connectivity index (χ2n) is 6.84. The Balaban J connectivity index is 1.72. The highest BCUT2D eigenvalue weighted by atomic mass is 16.4. The van der Waals surface area contributed by atoms with Crippen LogP contribution < -0.4 is 0 Å². The fraction of sp³-hybridized carbons (Fsp3) is 0.500. The van der Waals surface area contributed by atoms with Crippen LogP contribution >= 0.6 is 0 Å². The molecule has 0 aromatic heterocycles. The molecule has 0 radical (unpaired) electrons. The molecule has 1 aromatic carbocycles. The van der Waals surface area contributed by atoms with Gasteiger partial charge >= 0.3 is 5.97 Å². The second-order valence-corrected chi connectivity index (χ2v) is 6.84. The summed E-state index contributed by atoms with van der Waals surface area (Å²) >= 11 is 0. The maximum Gasteiger partial charge on any atom is 0.336 e. The van der Waals surface area contributed by atoms with Crippen molar-refractivity contribution in [2.75, 3.05) is 0 Å². The van der Waals surface area contributed by atoms with E-state index in [4.69, 9.17) is 0 Å². The summed E-state index contributed by atoms with van der Waals surface area (Å²) in [5.41, 5.74) is 2.88. The van der Waals surface area contributed by atoms with Gasteiger partial charge in [0.25, 0.3) is 0 Å². The van der Waals surface area contributed by atoms with Gasteiger partial charge in [-0.1, -0.05) is 29.8 Å². The Morgan fingerprint density at radius 1 is 1.00 bits per heavy atom. The average Bonchev–Trinajstić information content (AvgIpc) is 2.42. The lowest BCUT2D eigenvalue weighted by Crippen LogP contribution is -2.40. The largest absolute Gasteiger partial charge is 0.478 e. The molecule has 0 atom stereocenters. The van der Waals surface area contributed by atoms with E-state index in [1.807, 2.05) is 18.2 Å². The third kappa shape index (κ3) is 1.90. The van der Waals surface area contributed by atoms with Gasteiger partial charge < -0.3 is 5.11 Å². The molecule has 2 heteroatoms. The smallest absolute Gasteiger partial charge is 0.336 e. The number of aromatic carboxylic acids is 1. The average molecular weight is 268 g/mol. The molecule has 0 spiro atoms. The molecule has 4 bridgehead atoms. The van der Waals surface area contributed by atoms with Gasteiger partial charge in [0.05, 0.1) is 5.56 Å². The Hall–Kier alpha value is -1.57. The van der Waals surface area contributed by atoms with E-state index in [1.54, 1.807) is 11.6 Å². The second kappa shape index (κ2) is 4.47. The van der Waals surface area contributed by atoms with Gasteiger partial charge in [0.15, 0.2) is 0 Å². The molecule has 1 N–H and O–H groups in total. The molecular formula is C18H20O2. The number of carbonyl (C=O) groups is 1. The fourth-order valence-electron chi connectivity index (χ4n) is 4.96. The van der Waals surface area contributed by atoms with Crippen LogP contribution in [0.1, 0.15) is 48.0 Å². The van der Waals surface area contributed by atoms with Crippen molar-refractivity contribution in [3.8, 4) is 0 Å². The number of benzene rings is 1. The van der Waals surface area contributed by atoms with Crippen molar-refractivity contribution >= 4 is 12.0 Å². The van der Waals surface area contributed by atoms with Gasteiger partial charge in [-0.05, 0) is 67.4 Å². The molecular weight excluding hydrogens is 248 g/mol. The van der Waals surface area contributed by atoms with Crippen molar-refractivity contribution in [3.05, 3.63) is 41.0 Å². The number of carboxylic acids is 1. The van der Waals surface area contributed by atoms with Crippen molar-refractivity contribution in [2.45, 2.75) is 32.1 Å². The predicted octanol–water partition coefficient (Wildman–Crippen LogP) is 4.22. The van der Waals surface area contributed by atoms with Crippen molar-refractivity contribution in [1.82, 2.24) is 0 Å². The minimum Gasteiger partial charge on any atom is -0.478 e. The van der Waals surface area contributed by atoms with Crippen LogP contribution in [0.2, 0.25) is 0 Å². The Kier molecular flexibility index (Phi) is 2.73. The topological polar surface area (TPSA) is 37.3 Å². The molecule has 4 aliphatic carbocycles. The zero-order valence-electron chi connectivity index (χ0n) is 11.6. The van der Waals surface area contributed by atoms with Gasteiger partial charge in [0.1, 0.15) is 0 Å². The van der Waals surface area contributed by atoms with Gasteiger partial charge in [-0.25, -0.2) is 4.79 Å². The zero-order chi connectivity index (χ0) is 13.7. The normalized spacial score (nSPS) is 34.3. The van der Waals surface area contributed by atoms with Crippen molar-refractivity contribution in [1.29, 1.82) is 0 Å². The van der Waals surface area contributed by atoms with Crippen LogP contribution in [0.15, 0.2) is 29.8 Å². The summed E-state index contributed by atoms with van der Waals surface area (Å²) < 4.78 is 0. The third-order valence-corrected chi connectivity index (χ3v) is 5.59. The standard InChI is InChI=1S/C18H20O2/c19-18(20)16-4-2-1-3-13(16)10-17-14-6-11-5-12(8-14)9-15(17)7-11/h1-4,10-12,14-15H,5-9H2,(H,19,20). The first-order valence-corrected chi connectivity index (χ1v) is 7.74. The molecule has 4 saturated carbocycles. The van der Waals surface area contributed by atoms with Crippen LogP contribution in [-0.2, 0) is 0 Å². The lowest BCUT2D eigenvalue weighted by molar-refractivity contribution is 0.0692. The summed E-state index contributed by atoms with van der Waals surface area (Å²) in [4.78, 5) is 11.3. The molecule has 0 heterocycles. The molecule has 4 aliphatic rings. The van der Waals surface area contributed by atoms with Gasteiger partial charge in [-0.2, -0.15) is 0 Å². The number of hydrogen-bond acceptors (Lipinski definition) is 1. The molecule has 5 rings (SSSR count). The molecule has 0 aliphatic heterocycles. The van der Waals surface area contributed by atoms with Crippen LogP contribution in [0.3, 0.4) is 0 Å². The van der Waals surface area contributed by atoms with Gasteiger partial charge in [-0.3, -0.25) is 0 Å². The van der Waals surface area contributed by atoms with E-state index in [0.29, 0.717) is 5.56 Å². The predicted molar refractivity (Wildman–Crippen MR) is 78.4 cm³/mol. The SMILES string of the molecule is O=C(O)c1ccccc1C=C1C2CC3CC(C2)CC1C3. The first-order chi connectivity index (χ1) is 9.70. The summed E-state index contributed by atoms with van der Waals surface area (Å²) in [5.74, 6) is 2.54. The van der Waals surface area contributed by atoms with Crippen LogP contribution in [0, 0.1) is 23.7 Å². The van der Waals surface area contributed by atoms with Gasteiger partial charge in [-0.15, -0.1) is 0 Å². The molecule has 0 unspecified atom stereocenters. The lowest BCUT2D eigenvalue weighted by atomic mass is 9.54. The number of allylic oxidation sites excluding steroid dienone is 1. The van der Waals surface area contributed by atoms with Crippen LogP contribution in [0.5, 0.6) is 0 Å². The van der Waals surface area contributed by atoms with E-state index >= 15 is 0 Å². The highest BCUT2D eigenvalue weighted by Crippen LogP contribution is 2.56. The van der Waals surface area contributed by atoms with Crippen LogP contribution in [0.25, 0.3) is 6.08 Å². The quantitative estimate of drug-likeness (QED) is 0.871. The van der Waals surface area contributed by atoms with Crippen LogP contribution in [-0.4, -0.2) is 11.1 Å². The maximum absolute atomic E-state index is 11.3. The minimum atomic E-state index is -0.818. The Labute approximate surface area is 119 Å². The van der Waals surface area contributed by atoms with Crippen LogP contribution in [0.4, 0.5) is 0 Å². The van der Waals surface area contributed by atoms with Gasteiger partial charge in [0.2, 0.25) is 0 Å². The number of carboxylic acid groups (broad SMARTS) is 1. The molecule has 0 saturated heterocycles. The van der Waals surface area contributed by atoms with Crippen molar-refractivity contribution in [3.63, 3.8) is 0 Å². The van der Waals surface area contributed by atoms with E-state index in [9.17, 15) is 9.90 Å². The third-order valence-electron chi connectivity index (χ3n) is 5.59.